The highest BCUT2D eigenvalue weighted by Crippen LogP contribution is 2.15. The Bertz CT molecular complexity index is 1290. The minimum absolute atomic E-state index is 0.00943. The molecule has 216 valence electrons. The van der Waals surface area contributed by atoms with E-state index in [0.717, 1.165) is 23.1 Å². The van der Waals surface area contributed by atoms with Gasteiger partial charge in [0, 0.05) is 31.0 Å². The van der Waals surface area contributed by atoms with Crippen LogP contribution in [0.2, 0.25) is 0 Å². The van der Waals surface area contributed by atoms with Crippen LogP contribution in [-0.2, 0) is 38.6 Å². The summed E-state index contributed by atoms with van der Waals surface area (Å²) in [6.45, 7) is 2.37. The Hall–Kier alpha value is -4.50. The summed E-state index contributed by atoms with van der Waals surface area (Å²) in [6.07, 6.45) is 1.43. The smallest absolute Gasteiger partial charge is 0.343 e. The molecular weight excluding hydrogens is 520 g/mol. The van der Waals surface area contributed by atoms with Gasteiger partial charge >= 0.3 is 5.97 Å². The van der Waals surface area contributed by atoms with Crippen LogP contribution in [0, 0.1) is 11.3 Å². The number of rotatable bonds is 16. The third-order valence-corrected chi connectivity index (χ3v) is 6.70. The summed E-state index contributed by atoms with van der Waals surface area (Å²) < 4.78 is 9.98. The van der Waals surface area contributed by atoms with Crippen LogP contribution in [0.3, 0.4) is 0 Å². The average molecular weight is 559 g/mol. The number of aryl methyl sites for hydroxylation is 1. The van der Waals surface area contributed by atoms with Gasteiger partial charge in [-0.15, -0.1) is 0 Å². The van der Waals surface area contributed by atoms with Crippen LogP contribution in [0.4, 0.5) is 0 Å². The highest BCUT2D eigenvalue weighted by atomic mass is 16.6. The summed E-state index contributed by atoms with van der Waals surface area (Å²) in [4.78, 5) is 37.4. The molecule has 2 atom stereocenters. The third-order valence-electron chi connectivity index (χ3n) is 6.70. The van der Waals surface area contributed by atoms with Crippen molar-refractivity contribution in [3.8, 4) is 5.75 Å². The fourth-order valence-corrected chi connectivity index (χ4v) is 4.18. The molecule has 0 spiro atoms. The van der Waals surface area contributed by atoms with Crippen molar-refractivity contribution in [2.45, 2.75) is 45.3 Å². The number of esters is 1. The quantitative estimate of drug-likeness (QED) is 0.120. The van der Waals surface area contributed by atoms with Crippen molar-refractivity contribution in [2.24, 2.45) is 11.7 Å². The van der Waals surface area contributed by atoms with Crippen molar-refractivity contribution in [1.82, 2.24) is 10.6 Å². The lowest BCUT2D eigenvalue weighted by atomic mass is 9.95. The molecule has 3 aromatic rings. The average Bonchev–Trinajstić information content (AvgIpc) is 2.99. The first-order valence-corrected chi connectivity index (χ1v) is 13.5. The van der Waals surface area contributed by atoms with Gasteiger partial charge in [0.05, 0.1) is 13.2 Å². The van der Waals surface area contributed by atoms with E-state index < -0.39 is 17.9 Å². The predicted octanol–water partition coefficient (Wildman–Crippen LogP) is 3.53. The van der Waals surface area contributed by atoms with Crippen molar-refractivity contribution >= 4 is 23.5 Å². The van der Waals surface area contributed by atoms with Gasteiger partial charge in [-0.3, -0.25) is 15.0 Å². The van der Waals surface area contributed by atoms with Gasteiger partial charge in [-0.25, -0.2) is 4.79 Å². The first-order chi connectivity index (χ1) is 19.7. The van der Waals surface area contributed by atoms with Crippen LogP contribution in [0.15, 0.2) is 78.9 Å². The summed E-state index contributed by atoms with van der Waals surface area (Å²) in [5.41, 5.74) is 9.09. The van der Waals surface area contributed by atoms with Crippen molar-refractivity contribution in [2.75, 3.05) is 13.7 Å². The number of nitrogens with two attached hydrogens (primary N) is 1. The number of carbonyl (C=O) groups is 3. The zero-order chi connectivity index (χ0) is 29.6. The number of ketones is 1. The lowest BCUT2D eigenvalue weighted by Gasteiger charge is -2.20. The number of carbonyl (C=O) groups excluding carboxylic acids is 3. The number of amides is 1. The number of hydrogen-bond donors (Lipinski definition) is 4. The zero-order valence-electron chi connectivity index (χ0n) is 23.5. The van der Waals surface area contributed by atoms with Crippen LogP contribution in [0.25, 0.3) is 0 Å². The van der Waals surface area contributed by atoms with E-state index in [4.69, 9.17) is 15.9 Å². The molecule has 1 amide bonds. The molecule has 0 bridgehead atoms. The predicted molar refractivity (Wildman–Crippen MR) is 157 cm³/mol. The first-order valence-electron chi connectivity index (χ1n) is 13.5. The zero-order valence-corrected chi connectivity index (χ0v) is 23.5. The van der Waals surface area contributed by atoms with E-state index in [0.29, 0.717) is 30.8 Å². The van der Waals surface area contributed by atoms with Crippen LogP contribution >= 0.6 is 0 Å². The van der Waals surface area contributed by atoms with Gasteiger partial charge in [0.1, 0.15) is 11.6 Å². The van der Waals surface area contributed by atoms with Gasteiger partial charge in [-0.2, -0.15) is 0 Å². The van der Waals surface area contributed by atoms with E-state index >= 15 is 0 Å². The van der Waals surface area contributed by atoms with E-state index in [1.165, 1.54) is 7.11 Å². The number of methoxy groups -OCH3 is 1. The fraction of sp³-hybridized carbons (Fsp3) is 0.312. The minimum Gasteiger partial charge on any atom is -0.482 e. The Morgan fingerprint density at radius 1 is 0.878 bits per heavy atom. The van der Waals surface area contributed by atoms with Gasteiger partial charge in [0.15, 0.2) is 12.4 Å². The fourth-order valence-electron chi connectivity index (χ4n) is 4.18. The highest BCUT2D eigenvalue weighted by molar-refractivity contribution is 5.95. The molecule has 0 unspecified atom stereocenters. The third kappa shape index (κ3) is 10.5. The molecule has 5 N–H and O–H groups in total. The number of nitrogen functional groups attached to an aromatic ring is 1. The molecule has 0 aliphatic heterocycles. The number of benzene rings is 3. The van der Waals surface area contributed by atoms with Crippen LogP contribution in [0.1, 0.15) is 42.0 Å². The topological polar surface area (TPSA) is 144 Å². The maximum Gasteiger partial charge on any atom is 0.343 e. The molecule has 0 fully saturated rings. The van der Waals surface area contributed by atoms with Gasteiger partial charge in [0.2, 0.25) is 5.91 Å². The van der Waals surface area contributed by atoms with Gasteiger partial charge in [-0.05, 0) is 41.7 Å². The molecule has 9 nitrogen and oxygen atoms in total. The van der Waals surface area contributed by atoms with Crippen molar-refractivity contribution in [3.05, 3.63) is 101 Å². The minimum atomic E-state index is -0.494. The van der Waals surface area contributed by atoms with E-state index in [9.17, 15) is 14.4 Å². The molecule has 0 aliphatic rings. The molecule has 0 saturated heterocycles. The van der Waals surface area contributed by atoms with E-state index in [1.54, 1.807) is 31.2 Å². The molecule has 0 radical (unpaired) electrons. The molecule has 3 rings (SSSR count). The largest absolute Gasteiger partial charge is 0.482 e. The Morgan fingerprint density at radius 3 is 2.15 bits per heavy atom. The SMILES string of the molecule is COC(=O)COc1ccc(CN[C@H](CCc2ccccc2)C(=O)C[C@@H](C)C(=O)NCc2ccc(C(=N)N)cc2)cc1. The standard InChI is InChI=1S/C32H38N4O5/c1-22(32(39)36-20-24-8-13-26(14-9-24)31(33)34)18-29(37)28(17-12-23-6-4-3-5-7-23)35-19-25-10-15-27(16-11-25)41-21-30(38)40-2/h3-11,13-16,22,28,35H,12,17-21H2,1-2H3,(H3,33,34)(H,36,39)/t22-,28-/m1/s1. The molecule has 9 heteroatoms. The van der Waals surface area contributed by atoms with Crippen LogP contribution in [0.5, 0.6) is 5.75 Å². The summed E-state index contributed by atoms with van der Waals surface area (Å²) in [6, 6.07) is 23.9. The normalized spacial score (nSPS) is 12.1. The highest BCUT2D eigenvalue weighted by Gasteiger charge is 2.23. The monoisotopic (exact) mass is 558 g/mol. The van der Waals surface area contributed by atoms with E-state index in [1.807, 2.05) is 54.6 Å². The number of amidine groups is 1. The van der Waals surface area contributed by atoms with Gasteiger partial charge in [-0.1, -0.05) is 73.7 Å². The van der Waals surface area contributed by atoms with Gasteiger partial charge < -0.3 is 25.8 Å². The van der Waals surface area contributed by atoms with Crippen molar-refractivity contribution in [3.63, 3.8) is 0 Å². The second-order valence-corrected chi connectivity index (χ2v) is 9.87. The molecular formula is C32H38N4O5. The molecule has 0 saturated carbocycles. The van der Waals surface area contributed by atoms with Crippen molar-refractivity contribution < 1.29 is 23.9 Å². The molecule has 41 heavy (non-hydrogen) atoms. The lowest BCUT2D eigenvalue weighted by Crippen LogP contribution is -2.39. The number of hydrogen-bond acceptors (Lipinski definition) is 7. The van der Waals surface area contributed by atoms with Crippen LogP contribution in [-0.4, -0.2) is 43.3 Å². The maximum absolute atomic E-state index is 13.4. The number of nitrogens with one attached hydrogen (secondary N) is 3. The van der Waals surface area contributed by atoms with E-state index in [-0.39, 0.29) is 30.6 Å². The summed E-state index contributed by atoms with van der Waals surface area (Å²) in [7, 11) is 1.31. The summed E-state index contributed by atoms with van der Waals surface area (Å²) >= 11 is 0. The molecule has 0 aliphatic carbocycles. The Balaban J connectivity index is 1.56. The Morgan fingerprint density at radius 2 is 1.51 bits per heavy atom. The summed E-state index contributed by atoms with van der Waals surface area (Å²) in [5.74, 6) is -0.630. The molecule has 0 heterocycles. The number of Topliss-reactive ketones (excluding diaryl/α,β-unsaturated/α-hetero) is 1. The number of ether oxygens (including phenoxy) is 2. The second kappa shape index (κ2) is 15.9. The molecule has 3 aromatic carbocycles. The van der Waals surface area contributed by atoms with Crippen LogP contribution < -0.4 is 21.1 Å². The van der Waals surface area contributed by atoms with E-state index in [2.05, 4.69) is 15.4 Å². The second-order valence-electron chi connectivity index (χ2n) is 9.87. The lowest BCUT2D eigenvalue weighted by molar-refractivity contribution is -0.142. The van der Waals surface area contributed by atoms with Crippen molar-refractivity contribution in [1.29, 1.82) is 5.41 Å². The van der Waals surface area contributed by atoms with Gasteiger partial charge in [0.25, 0.3) is 0 Å². The summed E-state index contributed by atoms with van der Waals surface area (Å²) in [5, 5.41) is 13.8. The molecule has 0 aromatic heterocycles. The Labute approximate surface area is 240 Å². The maximum atomic E-state index is 13.4. The first kappa shape index (κ1) is 31.0. The Kier molecular flexibility index (Phi) is 12.1.